The van der Waals surface area contributed by atoms with Crippen LogP contribution in [0.2, 0.25) is 0 Å². The highest BCUT2D eigenvalue weighted by molar-refractivity contribution is 5.86. The highest BCUT2D eigenvalue weighted by atomic mass is 19.1. The van der Waals surface area contributed by atoms with Crippen LogP contribution in [0.3, 0.4) is 0 Å². The number of carboxylic acid groups (broad SMARTS) is 1. The molecule has 1 aliphatic carbocycles. The van der Waals surface area contributed by atoms with Crippen molar-refractivity contribution >= 4 is 11.9 Å². The predicted octanol–water partition coefficient (Wildman–Crippen LogP) is 2.15. The molecular weight excluding hydrogens is 227 g/mol. The second-order valence-electron chi connectivity index (χ2n) is 5.13. The Hall–Kier alpha value is -1.39. The lowest BCUT2D eigenvalue weighted by atomic mass is 10.1. The molecule has 0 heterocycles. The third-order valence-electron chi connectivity index (χ3n) is 3.04. The number of carbonyl (C=O) groups is 2. The fourth-order valence-electron chi connectivity index (χ4n) is 1.96. The summed E-state index contributed by atoms with van der Waals surface area (Å²) in [6, 6.07) is 0. The minimum atomic E-state index is -1.04. The monoisotopic (exact) mass is 244 g/mol. The lowest BCUT2D eigenvalue weighted by Gasteiger charge is -2.05. The first-order chi connectivity index (χ1) is 7.67. The van der Waals surface area contributed by atoms with Gasteiger partial charge in [-0.2, -0.15) is 4.39 Å². The second kappa shape index (κ2) is 4.47. The summed E-state index contributed by atoms with van der Waals surface area (Å²) in [4.78, 5) is 22.0. The minimum Gasteiger partial charge on any atom is -0.481 e. The molecule has 0 aromatic heterocycles. The molecule has 0 aliphatic heterocycles. The van der Waals surface area contributed by atoms with E-state index in [2.05, 4.69) is 4.74 Å². The highest BCUT2D eigenvalue weighted by Crippen LogP contribution is 2.59. The van der Waals surface area contributed by atoms with Gasteiger partial charge in [-0.25, -0.2) is 4.79 Å². The van der Waals surface area contributed by atoms with Crippen molar-refractivity contribution in [2.45, 2.75) is 33.8 Å². The van der Waals surface area contributed by atoms with Gasteiger partial charge in [-0.05, 0) is 31.3 Å². The fourth-order valence-corrected chi connectivity index (χ4v) is 1.96. The van der Waals surface area contributed by atoms with Gasteiger partial charge in [0.25, 0.3) is 0 Å². The lowest BCUT2D eigenvalue weighted by molar-refractivity contribution is -0.144. The first-order valence-electron chi connectivity index (χ1n) is 5.49. The Morgan fingerprint density at radius 3 is 2.29 bits per heavy atom. The van der Waals surface area contributed by atoms with Crippen LogP contribution in [-0.4, -0.2) is 23.1 Å². The maximum absolute atomic E-state index is 13.4. The Bertz CT molecular complexity index is 371. The molecule has 2 atom stereocenters. The molecule has 1 saturated carbocycles. The fraction of sp³-hybridized carbons (Fsp3) is 0.667. The van der Waals surface area contributed by atoms with E-state index in [1.54, 1.807) is 27.7 Å². The van der Waals surface area contributed by atoms with Crippen LogP contribution in [0.5, 0.6) is 0 Å². The van der Waals surface area contributed by atoms with Crippen LogP contribution in [-0.2, 0) is 14.3 Å². The lowest BCUT2D eigenvalue weighted by Crippen LogP contribution is -2.12. The topological polar surface area (TPSA) is 63.6 Å². The zero-order chi connectivity index (χ0) is 13.4. The molecule has 17 heavy (non-hydrogen) atoms. The molecular formula is C12H17FO4. The molecule has 0 saturated heterocycles. The van der Waals surface area contributed by atoms with E-state index in [4.69, 9.17) is 5.11 Å². The van der Waals surface area contributed by atoms with Gasteiger partial charge >= 0.3 is 11.9 Å². The quantitative estimate of drug-likeness (QED) is 0.608. The summed E-state index contributed by atoms with van der Waals surface area (Å²) >= 11 is 0. The molecule has 96 valence electrons. The Morgan fingerprint density at radius 1 is 1.41 bits per heavy atom. The molecule has 1 fully saturated rings. The molecule has 0 spiro atoms. The van der Waals surface area contributed by atoms with E-state index in [0.29, 0.717) is 0 Å². The first-order valence-corrected chi connectivity index (χ1v) is 5.49. The number of halogens is 1. The zero-order valence-electron chi connectivity index (χ0n) is 10.4. The summed E-state index contributed by atoms with van der Waals surface area (Å²) in [7, 11) is 0. The zero-order valence-corrected chi connectivity index (χ0v) is 10.4. The van der Waals surface area contributed by atoms with Gasteiger partial charge in [-0.1, -0.05) is 13.8 Å². The number of allylic oxidation sites excluding steroid dienone is 1. The average Bonchev–Trinajstić information content (AvgIpc) is 2.66. The maximum atomic E-state index is 13.4. The van der Waals surface area contributed by atoms with Gasteiger partial charge in [0.05, 0.1) is 12.0 Å². The van der Waals surface area contributed by atoms with E-state index in [0.717, 1.165) is 6.08 Å². The van der Waals surface area contributed by atoms with Crippen LogP contribution in [0.4, 0.5) is 4.39 Å². The van der Waals surface area contributed by atoms with Crippen molar-refractivity contribution in [1.82, 2.24) is 0 Å². The Balaban J connectivity index is 2.71. The van der Waals surface area contributed by atoms with E-state index in [1.165, 1.54) is 0 Å². The third kappa shape index (κ3) is 2.84. The van der Waals surface area contributed by atoms with Crippen molar-refractivity contribution in [2.75, 3.05) is 0 Å². The average molecular weight is 244 g/mol. The number of hydrogen-bond acceptors (Lipinski definition) is 3. The third-order valence-corrected chi connectivity index (χ3v) is 3.04. The largest absolute Gasteiger partial charge is 0.481 e. The van der Waals surface area contributed by atoms with E-state index in [1.807, 2.05) is 0 Å². The van der Waals surface area contributed by atoms with Crippen molar-refractivity contribution < 1.29 is 23.8 Å². The molecule has 0 amide bonds. The van der Waals surface area contributed by atoms with Crippen molar-refractivity contribution in [3.05, 3.63) is 11.9 Å². The number of ether oxygens (including phenoxy) is 1. The van der Waals surface area contributed by atoms with Crippen molar-refractivity contribution in [1.29, 1.82) is 0 Å². The number of rotatable bonds is 4. The van der Waals surface area contributed by atoms with Crippen LogP contribution >= 0.6 is 0 Å². The van der Waals surface area contributed by atoms with Crippen molar-refractivity contribution in [3.8, 4) is 0 Å². The Labute approximate surface area is 99.5 Å². The smallest absolute Gasteiger partial charge is 0.367 e. The van der Waals surface area contributed by atoms with Gasteiger partial charge in [-0.3, -0.25) is 4.79 Å². The first kappa shape index (κ1) is 13.7. The van der Waals surface area contributed by atoms with Crippen LogP contribution in [0, 0.1) is 17.3 Å². The summed E-state index contributed by atoms with van der Waals surface area (Å²) < 4.78 is 18.1. The molecule has 4 nitrogen and oxygen atoms in total. The summed E-state index contributed by atoms with van der Waals surface area (Å²) in [6.45, 7) is 6.70. The van der Waals surface area contributed by atoms with E-state index in [9.17, 15) is 14.0 Å². The standard InChI is InChI=1S/C12H17FO4/c1-6(2)17-11(16)8(13)5-7-9(10(14)15)12(7,3)4/h5-7,9H,1-4H3,(H,14,15)/b8-5+/t7-,9-/m0/s1. The van der Waals surface area contributed by atoms with Gasteiger partial charge in [0.1, 0.15) is 0 Å². The number of carboxylic acids is 1. The molecule has 0 aromatic carbocycles. The van der Waals surface area contributed by atoms with E-state index >= 15 is 0 Å². The second-order valence-corrected chi connectivity index (χ2v) is 5.13. The summed E-state index contributed by atoms with van der Waals surface area (Å²) in [6.07, 6.45) is 0.660. The summed E-state index contributed by atoms with van der Waals surface area (Å²) in [5.74, 6) is -4.12. The number of hydrogen-bond donors (Lipinski definition) is 1. The molecule has 1 N–H and O–H groups in total. The van der Waals surface area contributed by atoms with Gasteiger partial charge in [0.2, 0.25) is 5.83 Å². The van der Waals surface area contributed by atoms with Crippen LogP contribution < -0.4 is 0 Å². The predicted molar refractivity (Wildman–Crippen MR) is 58.8 cm³/mol. The number of esters is 1. The van der Waals surface area contributed by atoms with Crippen LogP contribution in [0.25, 0.3) is 0 Å². The van der Waals surface area contributed by atoms with Crippen LogP contribution in [0.15, 0.2) is 11.9 Å². The minimum absolute atomic E-state index is 0.399. The van der Waals surface area contributed by atoms with E-state index < -0.39 is 41.1 Å². The van der Waals surface area contributed by atoms with Crippen molar-refractivity contribution in [2.24, 2.45) is 17.3 Å². The molecule has 1 aliphatic rings. The van der Waals surface area contributed by atoms with Crippen LogP contribution in [0.1, 0.15) is 27.7 Å². The normalized spacial score (nSPS) is 26.8. The molecule has 0 aromatic rings. The van der Waals surface area contributed by atoms with Gasteiger partial charge in [-0.15, -0.1) is 0 Å². The molecule has 5 heteroatoms. The maximum Gasteiger partial charge on any atom is 0.367 e. The van der Waals surface area contributed by atoms with Gasteiger partial charge in [0, 0.05) is 0 Å². The Morgan fingerprint density at radius 2 is 1.94 bits per heavy atom. The summed E-state index contributed by atoms with van der Waals surface area (Å²) in [5.41, 5.74) is -0.513. The SMILES string of the molecule is CC(C)OC(=O)/C(F)=C\[C@H]1[C@@H](C(=O)O)C1(C)C. The van der Waals surface area contributed by atoms with Gasteiger partial charge in [0.15, 0.2) is 0 Å². The molecule has 0 bridgehead atoms. The molecule has 0 unspecified atom stereocenters. The summed E-state index contributed by atoms with van der Waals surface area (Å²) in [5, 5.41) is 8.89. The highest BCUT2D eigenvalue weighted by Gasteiger charge is 2.61. The number of aliphatic carboxylic acids is 1. The molecule has 0 radical (unpaired) electrons. The van der Waals surface area contributed by atoms with Gasteiger partial charge < -0.3 is 9.84 Å². The van der Waals surface area contributed by atoms with E-state index in [-0.39, 0.29) is 0 Å². The Kier molecular flexibility index (Phi) is 3.59. The van der Waals surface area contributed by atoms with Crippen molar-refractivity contribution in [3.63, 3.8) is 0 Å². The molecule has 1 rings (SSSR count). The number of carbonyl (C=O) groups excluding carboxylic acids is 1.